The van der Waals surface area contributed by atoms with E-state index in [4.69, 9.17) is 4.52 Å². The van der Waals surface area contributed by atoms with E-state index in [-0.39, 0.29) is 0 Å². The van der Waals surface area contributed by atoms with Crippen LogP contribution in [0.4, 0.5) is 0 Å². The molecule has 15 heavy (non-hydrogen) atoms. The van der Waals surface area contributed by atoms with E-state index in [1.807, 2.05) is 20.0 Å². The van der Waals surface area contributed by atoms with Gasteiger partial charge in [-0.2, -0.15) is 10.1 Å². The molecule has 2 heterocycles. The normalized spacial score (nSPS) is 11.2. The van der Waals surface area contributed by atoms with Gasteiger partial charge in [0.05, 0.1) is 9.77 Å². The second-order valence-corrected chi connectivity index (χ2v) is 4.80. The third kappa shape index (κ3) is 2.55. The van der Waals surface area contributed by atoms with Crippen LogP contribution >= 0.6 is 22.6 Å². The molecule has 0 aromatic carbocycles. The van der Waals surface area contributed by atoms with E-state index in [2.05, 4.69) is 37.8 Å². The van der Waals surface area contributed by atoms with E-state index in [0.29, 0.717) is 18.4 Å². The Hall–Kier alpha value is -0.920. The lowest BCUT2D eigenvalue weighted by Crippen LogP contribution is -2.00. The van der Waals surface area contributed by atoms with Crippen LogP contribution in [-0.4, -0.2) is 19.9 Å². The summed E-state index contributed by atoms with van der Waals surface area (Å²) in [7, 11) is 0. The largest absolute Gasteiger partial charge is 0.337 e. The number of halogens is 1. The molecule has 0 aliphatic rings. The predicted octanol–water partition coefficient (Wildman–Crippen LogP) is 2.04. The summed E-state index contributed by atoms with van der Waals surface area (Å²) in [6, 6.07) is 0. The van der Waals surface area contributed by atoms with Crippen LogP contribution < -0.4 is 0 Å². The van der Waals surface area contributed by atoms with Crippen molar-refractivity contribution in [1.29, 1.82) is 0 Å². The van der Waals surface area contributed by atoms with Gasteiger partial charge in [-0.05, 0) is 22.6 Å². The minimum absolute atomic E-state index is 0.292. The molecule has 0 spiro atoms. The lowest BCUT2D eigenvalue weighted by atomic mass is 10.2. The molecule has 0 saturated carbocycles. The maximum absolute atomic E-state index is 5.11. The highest BCUT2D eigenvalue weighted by molar-refractivity contribution is 14.1. The summed E-state index contributed by atoms with van der Waals surface area (Å²) in [6.45, 7) is 4.60. The van der Waals surface area contributed by atoms with Gasteiger partial charge in [0, 0.05) is 12.1 Å². The molecule has 2 rings (SSSR count). The second-order valence-electron chi connectivity index (χ2n) is 3.56. The average Bonchev–Trinajstić information content (AvgIpc) is 2.76. The van der Waals surface area contributed by atoms with Gasteiger partial charge in [0.1, 0.15) is 6.54 Å². The molecule has 0 N–H and O–H groups in total. The van der Waals surface area contributed by atoms with Crippen molar-refractivity contribution in [2.75, 3.05) is 0 Å². The van der Waals surface area contributed by atoms with Crippen LogP contribution in [0.1, 0.15) is 31.5 Å². The van der Waals surface area contributed by atoms with Gasteiger partial charge in [-0.25, -0.2) is 0 Å². The van der Waals surface area contributed by atoms with Crippen LogP contribution in [-0.2, 0) is 6.54 Å². The van der Waals surface area contributed by atoms with Crippen molar-refractivity contribution >= 4 is 22.6 Å². The molecular weight excluding hydrogens is 307 g/mol. The van der Waals surface area contributed by atoms with Crippen molar-refractivity contribution in [1.82, 2.24) is 19.9 Å². The first-order valence-corrected chi connectivity index (χ1v) is 5.73. The molecule has 2 aromatic heterocycles. The van der Waals surface area contributed by atoms with Gasteiger partial charge in [-0.15, -0.1) is 0 Å². The van der Waals surface area contributed by atoms with Crippen LogP contribution in [0.3, 0.4) is 0 Å². The third-order valence-electron chi connectivity index (χ3n) is 1.90. The van der Waals surface area contributed by atoms with Crippen LogP contribution in [0.5, 0.6) is 0 Å². The van der Waals surface area contributed by atoms with Crippen LogP contribution in [0, 0.1) is 3.57 Å². The maximum Gasteiger partial charge on any atom is 0.248 e. The Kier molecular flexibility index (Phi) is 3.03. The fourth-order valence-corrected chi connectivity index (χ4v) is 1.58. The number of hydrogen-bond acceptors (Lipinski definition) is 4. The first-order chi connectivity index (χ1) is 7.15. The smallest absolute Gasteiger partial charge is 0.248 e. The fourth-order valence-electron chi connectivity index (χ4n) is 1.13. The van der Waals surface area contributed by atoms with E-state index in [1.165, 1.54) is 0 Å². The maximum atomic E-state index is 5.11. The van der Waals surface area contributed by atoms with E-state index in [9.17, 15) is 0 Å². The monoisotopic (exact) mass is 318 g/mol. The SMILES string of the molecule is CC(C)c1noc(Cn2cc(I)cn2)n1. The molecule has 0 radical (unpaired) electrons. The number of rotatable bonds is 3. The Morgan fingerprint density at radius 2 is 2.33 bits per heavy atom. The van der Waals surface area contributed by atoms with Gasteiger partial charge < -0.3 is 4.52 Å². The Labute approximate surface area is 101 Å². The van der Waals surface area contributed by atoms with Crippen molar-refractivity contribution in [2.45, 2.75) is 26.3 Å². The van der Waals surface area contributed by atoms with E-state index in [1.54, 1.807) is 10.9 Å². The quantitative estimate of drug-likeness (QED) is 0.813. The molecule has 0 fully saturated rings. The number of hydrogen-bond donors (Lipinski definition) is 0. The van der Waals surface area contributed by atoms with Gasteiger partial charge in [-0.3, -0.25) is 4.68 Å². The second kappa shape index (κ2) is 4.30. The summed E-state index contributed by atoms with van der Waals surface area (Å²) in [4.78, 5) is 4.27. The summed E-state index contributed by atoms with van der Waals surface area (Å²) < 4.78 is 7.99. The van der Waals surface area contributed by atoms with Crippen molar-refractivity contribution in [3.05, 3.63) is 27.7 Å². The number of aromatic nitrogens is 4. The van der Waals surface area contributed by atoms with Crippen LogP contribution in [0.25, 0.3) is 0 Å². The zero-order valence-corrected chi connectivity index (χ0v) is 10.7. The molecule has 0 atom stereocenters. The summed E-state index contributed by atoms with van der Waals surface area (Å²) in [5.74, 6) is 1.63. The van der Waals surface area contributed by atoms with Gasteiger partial charge in [0.2, 0.25) is 5.89 Å². The zero-order valence-electron chi connectivity index (χ0n) is 8.51. The Morgan fingerprint density at radius 3 is 2.87 bits per heavy atom. The van der Waals surface area contributed by atoms with Crippen molar-refractivity contribution in [3.63, 3.8) is 0 Å². The average molecular weight is 318 g/mol. The Balaban J connectivity index is 2.11. The molecule has 0 bridgehead atoms. The highest BCUT2D eigenvalue weighted by atomic mass is 127. The minimum atomic E-state index is 0.292. The van der Waals surface area contributed by atoms with Gasteiger partial charge >= 0.3 is 0 Å². The molecule has 2 aromatic rings. The number of nitrogens with zero attached hydrogens (tertiary/aromatic N) is 4. The molecule has 5 nitrogen and oxygen atoms in total. The molecule has 80 valence electrons. The molecule has 6 heteroatoms. The molecular formula is C9H11IN4O. The van der Waals surface area contributed by atoms with E-state index in [0.717, 1.165) is 9.39 Å². The minimum Gasteiger partial charge on any atom is -0.337 e. The van der Waals surface area contributed by atoms with E-state index < -0.39 is 0 Å². The van der Waals surface area contributed by atoms with Gasteiger partial charge in [-0.1, -0.05) is 19.0 Å². The van der Waals surface area contributed by atoms with Gasteiger partial charge in [0.25, 0.3) is 0 Å². The van der Waals surface area contributed by atoms with Crippen LogP contribution in [0.15, 0.2) is 16.9 Å². The van der Waals surface area contributed by atoms with Crippen molar-refractivity contribution < 1.29 is 4.52 Å². The van der Waals surface area contributed by atoms with Crippen LogP contribution in [0.2, 0.25) is 0 Å². The highest BCUT2D eigenvalue weighted by Gasteiger charge is 2.10. The molecule has 0 unspecified atom stereocenters. The van der Waals surface area contributed by atoms with Gasteiger partial charge in [0.15, 0.2) is 5.82 Å². The summed E-state index contributed by atoms with van der Waals surface area (Å²) in [6.07, 6.45) is 3.72. The lowest BCUT2D eigenvalue weighted by molar-refractivity contribution is 0.359. The highest BCUT2D eigenvalue weighted by Crippen LogP contribution is 2.10. The molecule has 0 amide bonds. The molecule has 0 aliphatic heterocycles. The van der Waals surface area contributed by atoms with E-state index >= 15 is 0 Å². The topological polar surface area (TPSA) is 56.7 Å². The summed E-state index contributed by atoms with van der Waals surface area (Å²) in [5.41, 5.74) is 0. The summed E-state index contributed by atoms with van der Waals surface area (Å²) >= 11 is 2.21. The first-order valence-electron chi connectivity index (χ1n) is 4.65. The Morgan fingerprint density at radius 1 is 1.53 bits per heavy atom. The molecule has 0 saturated heterocycles. The predicted molar refractivity (Wildman–Crippen MR) is 62.4 cm³/mol. The Bertz CT molecular complexity index is 448. The summed E-state index contributed by atoms with van der Waals surface area (Å²) in [5, 5.41) is 8.04. The standard InChI is InChI=1S/C9H11IN4O/c1-6(2)9-12-8(15-13-9)5-14-4-7(10)3-11-14/h3-4,6H,5H2,1-2H3. The van der Waals surface area contributed by atoms with Crippen molar-refractivity contribution in [3.8, 4) is 0 Å². The fraction of sp³-hybridized carbons (Fsp3) is 0.444. The first kappa shape index (κ1) is 10.6. The third-order valence-corrected chi connectivity index (χ3v) is 2.46. The van der Waals surface area contributed by atoms with Crippen molar-refractivity contribution in [2.24, 2.45) is 0 Å². The molecule has 0 aliphatic carbocycles. The lowest BCUT2D eigenvalue weighted by Gasteiger charge is -1.94. The zero-order chi connectivity index (χ0) is 10.8.